The van der Waals surface area contributed by atoms with Crippen LogP contribution in [0.4, 0.5) is 5.69 Å². The minimum absolute atomic E-state index is 0.133. The van der Waals surface area contributed by atoms with E-state index in [0.29, 0.717) is 12.8 Å². The molecule has 0 aliphatic carbocycles. The van der Waals surface area contributed by atoms with Gasteiger partial charge in [-0.2, -0.15) is 4.31 Å². The molecule has 0 unspecified atom stereocenters. The lowest BCUT2D eigenvalue weighted by molar-refractivity contribution is -0.387. The highest BCUT2D eigenvalue weighted by Crippen LogP contribution is 2.29. The van der Waals surface area contributed by atoms with Crippen LogP contribution in [-0.2, 0) is 19.6 Å². The van der Waals surface area contributed by atoms with Crippen LogP contribution < -0.4 is 0 Å². The Balaban J connectivity index is 2.23. The van der Waals surface area contributed by atoms with E-state index in [-0.39, 0.29) is 29.9 Å². The van der Waals surface area contributed by atoms with E-state index < -0.39 is 20.6 Å². The van der Waals surface area contributed by atoms with Crippen LogP contribution in [-0.4, -0.2) is 43.8 Å². The summed E-state index contributed by atoms with van der Waals surface area (Å²) in [6.07, 6.45) is 0.680. The summed E-state index contributed by atoms with van der Waals surface area (Å²) >= 11 is 0. The van der Waals surface area contributed by atoms with Crippen LogP contribution in [0.3, 0.4) is 0 Å². The van der Waals surface area contributed by atoms with Crippen molar-refractivity contribution in [1.82, 2.24) is 4.31 Å². The molecule has 120 valence electrons. The van der Waals surface area contributed by atoms with Crippen LogP contribution in [0.2, 0.25) is 0 Å². The van der Waals surface area contributed by atoms with Crippen molar-refractivity contribution in [3.63, 3.8) is 0 Å². The number of piperidine rings is 1. The molecule has 0 amide bonds. The third-order valence-electron chi connectivity index (χ3n) is 3.67. The van der Waals surface area contributed by atoms with Gasteiger partial charge in [0.25, 0.3) is 5.69 Å². The molecule has 2 rings (SSSR count). The molecular formula is C13H16N2O6S. The summed E-state index contributed by atoms with van der Waals surface area (Å²) < 4.78 is 31.0. The Morgan fingerprint density at radius 1 is 1.32 bits per heavy atom. The molecule has 8 nitrogen and oxygen atoms in total. The second-order valence-corrected chi connectivity index (χ2v) is 6.83. The van der Waals surface area contributed by atoms with Crippen LogP contribution in [0.5, 0.6) is 0 Å². The second-order valence-electron chi connectivity index (χ2n) is 4.93. The maximum atomic E-state index is 12.6. The topological polar surface area (TPSA) is 107 Å². The summed E-state index contributed by atoms with van der Waals surface area (Å²) in [5, 5.41) is 11.0. The predicted octanol–water partition coefficient (Wildman–Crippen LogP) is 1.17. The van der Waals surface area contributed by atoms with Crippen molar-refractivity contribution in [2.24, 2.45) is 5.92 Å². The number of methoxy groups -OCH3 is 1. The molecule has 1 aromatic carbocycles. The van der Waals surface area contributed by atoms with Crippen molar-refractivity contribution >= 4 is 21.7 Å². The van der Waals surface area contributed by atoms with Crippen LogP contribution >= 0.6 is 0 Å². The molecular weight excluding hydrogens is 312 g/mol. The Morgan fingerprint density at radius 3 is 2.45 bits per heavy atom. The standard InChI is InChI=1S/C13H16N2O6S/c1-21-13(16)10-6-8-14(9-7-10)22(19,20)12-5-3-2-4-11(12)15(17)18/h2-5,10H,6-9H2,1H3. The van der Waals surface area contributed by atoms with Crippen molar-refractivity contribution in [2.45, 2.75) is 17.7 Å². The molecule has 0 aromatic heterocycles. The average Bonchev–Trinajstić information content (AvgIpc) is 2.54. The molecule has 1 saturated heterocycles. The van der Waals surface area contributed by atoms with Crippen molar-refractivity contribution in [1.29, 1.82) is 0 Å². The van der Waals surface area contributed by atoms with Gasteiger partial charge in [-0.3, -0.25) is 14.9 Å². The van der Waals surface area contributed by atoms with Gasteiger partial charge in [0.1, 0.15) is 0 Å². The molecule has 1 fully saturated rings. The Bertz CT molecular complexity index is 680. The molecule has 9 heteroatoms. The summed E-state index contributed by atoms with van der Waals surface area (Å²) in [4.78, 5) is 21.4. The lowest BCUT2D eigenvalue weighted by Crippen LogP contribution is -2.40. The first-order valence-corrected chi connectivity index (χ1v) is 8.13. The average molecular weight is 328 g/mol. The lowest BCUT2D eigenvalue weighted by atomic mass is 9.99. The van der Waals surface area contributed by atoms with Gasteiger partial charge in [-0.1, -0.05) is 12.1 Å². The molecule has 0 spiro atoms. The second kappa shape index (κ2) is 6.41. The number of ether oxygens (including phenoxy) is 1. The fourth-order valence-corrected chi connectivity index (χ4v) is 4.09. The van der Waals surface area contributed by atoms with Gasteiger partial charge in [0.2, 0.25) is 10.0 Å². The van der Waals surface area contributed by atoms with E-state index in [1.165, 1.54) is 29.6 Å². The Labute approximate surface area is 127 Å². The minimum atomic E-state index is -3.95. The Kier molecular flexibility index (Phi) is 4.77. The Hall–Kier alpha value is -2.00. The SMILES string of the molecule is COC(=O)C1CCN(S(=O)(=O)c2ccccc2[N+](=O)[O-])CC1. The number of nitro benzene ring substituents is 1. The third-order valence-corrected chi connectivity index (χ3v) is 5.61. The van der Waals surface area contributed by atoms with E-state index in [4.69, 9.17) is 0 Å². The first-order chi connectivity index (χ1) is 10.4. The first kappa shape index (κ1) is 16.4. The van der Waals surface area contributed by atoms with Gasteiger partial charge in [0.05, 0.1) is 18.0 Å². The van der Waals surface area contributed by atoms with E-state index in [1.807, 2.05) is 0 Å². The highest BCUT2D eigenvalue weighted by molar-refractivity contribution is 7.89. The molecule has 0 bridgehead atoms. The van der Waals surface area contributed by atoms with E-state index in [0.717, 1.165) is 6.07 Å². The van der Waals surface area contributed by atoms with Crippen LogP contribution in [0, 0.1) is 16.0 Å². The highest BCUT2D eigenvalue weighted by Gasteiger charge is 2.35. The van der Waals surface area contributed by atoms with Crippen LogP contribution in [0.25, 0.3) is 0 Å². The maximum absolute atomic E-state index is 12.6. The number of nitrogens with zero attached hydrogens (tertiary/aromatic N) is 2. The highest BCUT2D eigenvalue weighted by atomic mass is 32.2. The summed E-state index contributed by atoms with van der Waals surface area (Å²) in [5.41, 5.74) is -0.447. The molecule has 0 radical (unpaired) electrons. The monoisotopic (exact) mass is 328 g/mol. The minimum Gasteiger partial charge on any atom is -0.469 e. The number of hydrogen-bond acceptors (Lipinski definition) is 6. The molecule has 1 heterocycles. The largest absolute Gasteiger partial charge is 0.469 e. The summed E-state index contributed by atoms with van der Waals surface area (Å²) in [6, 6.07) is 5.25. The van der Waals surface area contributed by atoms with E-state index in [1.54, 1.807) is 0 Å². The van der Waals surface area contributed by atoms with Gasteiger partial charge in [-0.15, -0.1) is 0 Å². The van der Waals surface area contributed by atoms with Crippen molar-refractivity contribution in [3.8, 4) is 0 Å². The zero-order valence-electron chi connectivity index (χ0n) is 12.0. The fraction of sp³-hybridized carbons (Fsp3) is 0.462. The number of carbonyl (C=O) groups excluding carboxylic acids is 1. The van der Waals surface area contributed by atoms with Gasteiger partial charge < -0.3 is 4.74 Å². The number of sulfonamides is 1. The lowest BCUT2D eigenvalue weighted by Gasteiger charge is -2.29. The number of rotatable bonds is 4. The number of hydrogen-bond donors (Lipinski definition) is 0. The molecule has 0 saturated carbocycles. The normalized spacial score (nSPS) is 17.1. The number of esters is 1. The van der Waals surface area contributed by atoms with E-state index in [2.05, 4.69) is 4.74 Å². The van der Waals surface area contributed by atoms with Gasteiger partial charge >= 0.3 is 5.97 Å². The zero-order valence-corrected chi connectivity index (χ0v) is 12.8. The summed E-state index contributed by atoms with van der Waals surface area (Å²) in [5.74, 6) is -0.690. The number of para-hydroxylation sites is 1. The molecule has 0 atom stereocenters. The number of benzene rings is 1. The summed E-state index contributed by atoms with van der Waals surface area (Å²) in [6.45, 7) is 0.266. The van der Waals surface area contributed by atoms with Gasteiger partial charge in [0.15, 0.2) is 4.90 Å². The zero-order chi connectivity index (χ0) is 16.3. The van der Waals surface area contributed by atoms with Gasteiger partial charge in [0, 0.05) is 19.2 Å². The molecule has 1 aliphatic rings. The van der Waals surface area contributed by atoms with Gasteiger partial charge in [-0.05, 0) is 18.9 Å². The fourth-order valence-electron chi connectivity index (χ4n) is 2.46. The van der Waals surface area contributed by atoms with E-state index >= 15 is 0 Å². The molecule has 22 heavy (non-hydrogen) atoms. The van der Waals surface area contributed by atoms with Crippen molar-refractivity contribution < 1.29 is 22.9 Å². The van der Waals surface area contributed by atoms with Crippen molar-refractivity contribution in [2.75, 3.05) is 20.2 Å². The molecule has 1 aliphatic heterocycles. The summed E-state index contributed by atoms with van der Waals surface area (Å²) in [7, 11) is -2.66. The van der Waals surface area contributed by atoms with Gasteiger partial charge in [-0.25, -0.2) is 8.42 Å². The number of nitro groups is 1. The van der Waals surface area contributed by atoms with E-state index in [9.17, 15) is 23.3 Å². The maximum Gasteiger partial charge on any atom is 0.308 e. The first-order valence-electron chi connectivity index (χ1n) is 6.69. The third kappa shape index (κ3) is 3.09. The molecule has 0 N–H and O–H groups in total. The predicted molar refractivity (Wildman–Crippen MR) is 76.6 cm³/mol. The van der Waals surface area contributed by atoms with Crippen LogP contribution in [0.1, 0.15) is 12.8 Å². The van der Waals surface area contributed by atoms with Crippen LogP contribution in [0.15, 0.2) is 29.2 Å². The smallest absolute Gasteiger partial charge is 0.308 e. The molecule has 1 aromatic rings. The Morgan fingerprint density at radius 2 is 1.91 bits per heavy atom. The van der Waals surface area contributed by atoms with Crippen molar-refractivity contribution in [3.05, 3.63) is 34.4 Å². The number of carbonyl (C=O) groups is 1. The quantitative estimate of drug-likeness (QED) is 0.466.